The smallest absolute Gasteiger partial charge is 0.129 e. The van der Waals surface area contributed by atoms with Crippen LogP contribution in [0.3, 0.4) is 0 Å². The van der Waals surface area contributed by atoms with Gasteiger partial charge in [0, 0.05) is 25.3 Å². The fourth-order valence-electron chi connectivity index (χ4n) is 3.65. The summed E-state index contributed by atoms with van der Waals surface area (Å²) in [6, 6.07) is 4.00. The van der Waals surface area contributed by atoms with E-state index in [1.165, 1.54) is 45.3 Å². The van der Waals surface area contributed by atoms with Crippen LogP contribution in [0, 0.1) is 12.8 Å². The van der Waals surface area contributed by atoms with E-state index in [1.54, 1.807) is 0 Å². The van der Waals surface area contributed by atoms with Crippen LogP contribution in [0.1, 0.15) is 36.9 Å². The van der Waals surface area contributed by atoms with Crippen molar-refractivity contribution in [2.45, 2.75) is 39.2 Å². The van der Waals surface area contributed by atoms with Crippen LogP contribution in [-0.2, 0) is 6.61 Å². The first-order chi connectivity index (χ1) is 10.2. The molecular formula is C17H27N3O. The normalized spacial score (nSPS) is 21.1. The molecule has 0 aromatic carbocycles. The van der Waals surface area contributed by atoms with Gasteiger partial charge in [0.05, 0.1) is 6.61 Å². The summed E-state index contributed by atoms with van der Waals surface area (Å²) >= 11 is 0. The molecule has 4 heteroatoms. The standard InChI is InChI=1S/C17H27N3O/c1-14-10-16(13-21)11-17(18-14)20-8-4-15(5-9-20)12-19-6-2-3-7-19/h10-11,15,21H,2-9,12-13H2,1H3. The van der Waals surface area contributed by atoms with Gasteiger partial charge >= 0.3 is 0 Å². The van der Waals surface area contributed by atoms with Crippen LogP contribution in [0.5, 0.6) is 0 Å². The number of hydrogen-bond acceptors (Lipinski definition) is 4. The molecule has 1 aromatic heterocycles. The Hall–Kier alpha value is -1.13. The van der Waals surface area contributed by atoms with Gasteiger partial charge in [-0.05, 0) is 69.3 Å². The molecular weight excluding hydrogens is 262 g/mol. The number of aryl methyl sites for hydroxylation is 1. The molecule has 0 unspecified atom stereocenters. The van der Waals surface area contributed by atoms with Gasteiger partial charge < -0.3 is 14.9 Å². The molecule has 2 aliphatic rings. The minimum absolute atomic E-state index is 0.0990. The van der Waals surface area contributed by atoms with Crippen molar-refractivity contribution in [3.05, 3.63) is 23.4 Å². The maximum Gasteiger partial charge on any atom is 0.129 e. The summed E-state index contributed by atoms with van der Waals surface area (Å²) < 4.78 is 0. The maximum atomic E-state index is 9.33. The third-order valence-electron chi connectivity index (χ3n) is 4.84. The third kappa shape index (κ3) is 3.74. The number of rotatable bonds is 4. The number of anilines is 1. The van der Waals surface area contributed by atoms with Crippen molar-refractivity contribution < 1.29 is 5.11 Å². The molecule has 4 nitrogen and oxygen atoms in total. The van der Waals surface area contributed by atoms with Crippen LogP contribution in [0.2, 0.25) is 0 Å². The van der Waals surface area contributed by atoms with Gasteiger partial charge in [-0.15, -0.1) is 0 Å². The third-order valence-corrected chi connectivity index (χ3v) is 4.84. The first-order valence-electron chi connectivity index (χ1n) is 8.30. The highest BCUT2D eigenvalue weighted by Crippen LogP contribution is 2.24. The molecule has 3 heterocycles. The second-order valence-corrected chi connectivity index (χ2v) is 6.57. The van der Waals surface area contributed by atoms with Crippen molar-refractivity contribution in [2.24, 2.45) is 5.92 Å². The molecule has 116 valence electrons. The lowest BCUT2D eigenvalue weighted by molar-refractivity contribution is 0.249. The maximum absolute atomic E-state index is 9.33. The molecule has 3 rings (SSSR count). The van der Waals surface area contributed by atoms with E-state index >= 15 is 0 Å². The number of aliphatic hydroxyl groups is 1. The quantitative estimate of drug-likeness (QED) is 0.922. The number of hydrogen-bond donors (Lipinski definition) is 1. The van der Waals surface area contributed by atoms with Gasteiger partial charge in [0.25, 0.3) is 0 Å². The number of nitrogens with zero attached hydrogens (tertiary/aromatic N) is 3. The lowest BCUT2D eigenvalue weighted by Crippen LogP contribution is -2.38. The summed E-state index contributed by atoms with van der Waals surface area (Å²) in [5.41, 5.74) is 1.97. The van der Waals surface area contributed by atoms with E-state index in [0.717, 1.165) is 36.1 Å². The van der Waals surface area contributed by atoms with Crippen LogP contribution in [0.25, 0.3) is 0 Å². The van der Waals surface area contributed by atoms with Crippen molar-refractivity contribution in [3.8, 4) is 0 Å². The minimum Gasteiger partial charge on any atom is -0.392 e. The SMILES string of the molecule is Cc1cc(CO)cc(N2CCC(CN3CCCC3)CC2)n1. The summed E-state index contributed by atoms with van der Waals surface area (Å²) in [5, 5.41) is 9.33. The first-order valence-corrected chi connectivity index (χ1v) is 8.30. The molecule has 1 aromatic rings. The Bertz CT molecular complexity index is 463. The number of likely N-dealkylation sites (tertiary alicyclic amines) is 1. The summed E-state index contributed by atoms with van der Waals surface area (Å²) in [6.45, 7) is 8.19. The van der Waals surface area contributed by atoms with E-state index in [2.05, 4.69) is 14.8 Å². The van der Waals surface area contributed by atoms with Crippen molar-refractivity contribution in [1.82, 2.24) is 9.88 Å². The number of piperidine rings is 1. The summed E-state index contributed by atoms with van der Waals surface area (Å²) in [6.07, 6.45) is 5.30. The number of aliphatic hydroxyl groups excluding tert-OH is 1. The van der Waals surface area contributed by atoms with Crippen molar-refractivity contribution in [2.75, 3.05) is 37.6 Å². The molecule has 2 saturated heterocycles. The summed E-state index contributed by atoms with van der Waals surface area (Å²) in [7, 11) is 0. The van der Waals surface area contributed by atoms with Gasteiger partial charge in [0.1, 0.15) is 5.82 Å². The molecule has 0 radical (unpaired) electrons. The highest BCUT2D eigenvalue weighted by molar-refractivity contribution is 5.42. The van der Waals surface area contributed by atoms with E-state index in [-0.39, 0.29) is 6.61 Å². The van der Waals surface area contributed by atoms with Gasteiger partial charge in [-0.3, -0.25) is 0 Å². The summed E-state index contributed by atoms with van der Waals surface area (Å²) in [5.74, 6) is 1.89. The van der Waals surface area contributed by atoms with E-state index in [4.69, 9.17) is 0 Å². The average Bonchev–Trinajstić information content (AvgIpc) is 3.00. The van der Waals surface area contributed by atoms with Crippen molar-refractivity contribution >= 4 is 5.82 Å². The largest absolute Gasteiger partial charge is 0.392 e. The second-order valence-electron chi connectivity index (χ2n) is 6.57. The molecule has 0 amide bonds. The van der Waals surface area contributed by atoms with Crippen molar-refractivity contribution in [3.63, 3.8) is 0 Å². The van der Waals surface area contributed by atoms with Crippen LogP contribution in [0.15, 0.2) is 12.1 Å². The van der Waals surface area contributed by atoms with Crippen molar-refractivity contribution in [1.29, 1.82) is 0 Å². The highest BCUT2D eigenvalue weighted by Gasteiger charge is 2.23. The zero-order valence-electron chi connectivity index (χ0n) is 13.1. The Morgan fingerprint density at radius 3 is 2.52 bits per heavy atom. The Kier molecular flexibility index (Phi) is 4.76. The average molecular weight is 289 g/mol. The van der Waals surface area contributed by atoms with Crippen LogP contribution in [-0.4, -0.2) is 47.7 Å². The fourth-order valence-corrected chi connectivity index (χ4v) is 3.65. The zero-order valence-corrected chi connectivity index (χ0v) is 13.1. The topological polar surface area (TPSA) is 39.6 Å². The van der Waals surface area contributed by atoms with Gasteiger partial charge in [0.2, 0.25) is 0 Å². The van der Waals surface area contributed by atoms with Crippen LogP contribution < -0.4 is 4.90 Å². The van der Waals surface area contributed by atoms with Gasteiger partial charge in [-0.2, -0.15) is 0 Å². The van der Waals surface area contributed by atoms with Crippen LogP contribution in [0.4, 0.5) is 5.82 Å². The molecule has 1 N–H and O–H groups in total. The molecule has 0 saturated carbocycles. The summed E-state index contributed by atoms with van der Waals surface area (Å²) in [4.78, 5) is 9.65. The monoisotopic (exact) mass is 289 g/mol. The Labute approximate surface area is 127 Å². The fraction of sp³-hybridized carbons (Fsp3) is 0.706. The molecule has 2 aliphatic heterocycles. The Morgan fingerprint density at radius 2 is 1.86 bits per heavy atom. The van der Waals surface area contributed by atoms with Crippen LogP contribution >= 0.6 is 0 Å². The predicted molar refractivity (Wildman–Crippen MR) is 85.5 cm³/mol. The second kappa shape index (κ2) is 6.75. The van der Waals surface area contributed by atoms with Gasteiger partial charge in [-0.25, -0.2) is 4.98 Å². The highest BCUT2D eigenvalue weighted by atomic mass is 16.3. The van der Waals surface area contributed by atoms with Gasteiger partial charge in [-0.1, -0.05) is 0 Å². The first kappa shape index (κ1) is 14.8. The molecule has 0 aliphatic carbocycles. The molecule has 0 atom stereocenters. The molecule has 21 heavy (non-hydrogen) atoms. The zero-order chi connectivity index (χ0) is 14.7. The van der Waals surface area contributed by atoms with E-state index in [0.29, 0.717) is 0 Å². The van der Waals surface area contributed by atoms with Gasteiger partial charge in [0.15, 0.2) is 0 Å². The number of pyridine rings is 1. The molecule has 0 bridgehead atoms. The molecule has 0 spiro atoms. The minimum atomic E-state index is 0.0990. The number of aromatic nitrogens is 1. The molecule has 2 fully saturated rings. The van der Waals surface area contributed by atoms with E-state index in [1.807, 2.05) is 19.1 Å². The van der Waals surface area contributed by atoms with E-state index < -0.39 is 0 Å². The Balaban J connectivity index is 1.56. The Morgan fingerprint density at radius 1 is 1.14 bits per heavy atom. The lowest BCUT2D eigenvalue weighted by atomic mass is 9.96. The van der Waals surface area contributed by atoms with E-state index in [9.17, 15) is 5.11 Å². The predicted octanol–water partition coefficient (Wildman–Crippen LogP) is 2.19. The lowest BCUT2D eigenvalue weighted by Gasteiger charge is -2.34.